The summed E-state index contributed by atoms with van der Waals surface area (Å²) in [6.45, 7) is 14.7. The average Bonchev–Trinajstić information content (AvgIpc) is 2.97. The first-order chi connectivity index (χ1) is 18.4. The fourth-order valence-corrected chi connectivity index (χ4v) is 15.7. The van der Waals surface area contributed by atoms with Crippen molar-refractivity contribution in [3.8, 4) is 12.3 Å². The maximum Gasteiger partial charge on any atom is 0.0875 e. The Balaban J connectivity index is 2.15. The van der Waals surface area contributed by atoms with Crippen molar-refractivity contribution in [1.82, 2.24) is 0 Å². The zero-order chi connectivity index (χ0) is 27.1. The van der Waals surface area contributed by atoms with Gasteiger partial charge in [0.2, 0.25) is 0 Å². The minimum absolute atomic E-state index is 0.967. The summed E-state index contributed by atoms with van der Waals surface area (Å²) in [6, 6.07) is 33.4. The zero-order valence-electron chi connectivity index (χ0n) is 24.2. The molecule has 0 nitrogen and oxygen atoms in total. The van der Waals surface area contributed by atoms with Gasteiger partial charge in [0.05, 0.1) is 16.1 Å². The van der Waals surface area contributed by atoms with Gasteiger partial charge in [0, 0.05) is 5.56 Å². The first-order valence-electron chi connectivity index (χ1n) is 14.8. The Morgan fingerprint density at radius 2 is 0.868 bits per heavy atom. The number of benzene rings is 5. The van der Waals surface area contributed by atoms with Gasteiger partial charge in [0.15, 0.2) is 0 Å². The van der Waals surface area contributed by atoms with Gasteiger partial charge < -0.3 is 0 Å². The molecule has 0 saturated heterocycles. The minimum Gasteiger partial charge on any atom is -0.115 e. The molecule has 0 amide bonds. The van der Waals surface area contributed by atoms with E-state index in [1.165, 1.54) is 68.6 Å². The van der Waals surface area contributed by atoms with Gasteiger partial charge >= 0.3 is 0 Å². The molecule has 0 spiro atoms. The third kappa shape index (κ3) is 3.94. The van der Waals surface area contributed by atoms with Crippen LogP contribution in [0.4, 0.5) is 0 Å². The predicted octanol–water partition coefficient (Wildman–Crippen LogP) is 9.71. The molecule has 0 aromatic heterocycles. The van der Waals surface area contributed by atoms with Crippen molar-refractivity contribution in [3.63, 3.8) is 0 Å². The molecule has 2 heteroatoms. The highest BCUT2D eigenvalue weighted by molar-refractivity contribution is 6.98. The van der Waals surface area contributed by atoms with E-state index in [1.54, 1.807) is 21.1 Å². The fraction of sp³-hybridized carbons (Fsp3) is 0.333. The Bertz CT molecular complexity index is 1680. The molecular formula is C36H42Si2. The highest BCUT2D eigenvalue weighted by Gasteiger charge is 2.38. The van der Waals surface area contributed by atoms with E-state index in [0.717, 1.165) is 5.56 Å². The summed E-state index contributed by atoms with van der Waals surface area (Å²) in [5, 5.41) is 14.9. The van der Waals surface area contributed by atoms with Crippen LogP contribution in [-0.2, 0) is 0 Å². The third-order valence-electron chi connectivity index (χ3n) is 10.2. The molecule has 0 fully saturated rings. The quantitative estimate of drug-likeness (QED) is 0.106. The van der Waals surface area contributed by atoms with Gasteiger partial charge in [-0.05, 0) is 89.9 Å². The standard InChI is InChI=1S/C36H42Si2/c1-8-26-19-20-29-24-33-34(25-30(29)21-26)36(38(12-5,13-6)14-7)32-23-28-18-16-15-17-27(28)22-31(32)35(33)37(9-2,10-3)11-4/h1,15-25H,9-14H2,2-7H3. The maximum atomic E-state index is 5.84. The largest absolute Gasteiger partial charge is 0.115 e. The van der Waals surface area contributed by atoms with Gasteiger partial charge in [-0.15, -0.1) is 6.42 Å². The molecule has 0 unspecified atom stereocenters. The van der Waals surface area contributed by atoms with Crippen molar-refractivity contribution in [2.75, 3.05) is 0 Å². The van der Waals surface area contributed by atoms with Crippen molar-refractivity contribution < 1.29 is 0 Å². The molecule has 0 aliphatic carbocycles. The zero-order valence-corrected chi connectivity index (χ0v) is 26.2. The third-order valence-corrected chi connectivity index (χ3v) is 21.5. The van der Waals surface area contributed by atoms with Crippen LogP contribution in [0, 0.1) is 12.3 Å². The second-order valence-corrected chi connectivity index (χ2v) is 21.6. The number of terminal acetylenes is 1. The van der Waals surface area contributed by atoms with E-state index in [1.807, 2.05) is 0 Å². The Labute approximate surface area is 231 Å². The van der Waals surface area contributed by atoms with Gasteiger partial charge in [-0.25, -0.2) is 0 Å². The lowest BCUT2D eigenvalue weighted by atomic mass is 9.96. The van der Waals surface area contributed by atoms with Crippen LogP contribution in [0.15, 0.2) is 66.7 Å². The van der Waals surface area contributed by atoms with Gasteiger partial charge in [0.25, 0.3) is 0 Å². The molecule has 0 radical (unpaired) electrons. The molecule has 5 aromatic carbocycles. The smallest absolute Gasteiger partial charge is 0.0875 e. The first kappa shape index (κ1) is 26.7. The van der Waals surface area contributed by atoms with Crippen LogP contribution in [0.3, 0.4) is 0 Å². The van der Waals surface area contributed by atoms with E-state index >= 15 is 0 Å². The fourth-order valence-electron chi connectivity index (χ4n) is 7.45. The van der Waals surface area contributed by atoms with Crippen molar-refractivity contribution in [1.29, 1.82) is 0 Å². The monoisotopic (exact) mass is 530 g/mol. The molecule has 0 N–H and O–H groups in total. The molecule has 0 bridgehead atoms. The second-order valence-electron chi connectivity index (χ2n) is 11.3. The molecule has 0 heterocycles. The molecule has 0 atom stereocenters. The van der Waals surface area contributed by atoms with Gasteiger partial charge in [-0.3, -0.25) is 0 Å². The van der Waals surface area contributed by atoms with Crippen LogP contribution in [0.25, 0.3) is 43.1 Å². The minimum atomic E-state index is -1.76. The van der Waals surface area contributed by atoms with Crippen LogP contribution in [0.1, 0.15) is 47.1 Å². The van der Waals surface area contributed by atoms with Gasteiger partial charge in [-0.2, -0.15) is 0 Å². The lowest BCUT2D eigenvalue weighted by Crippen LogP contribution is -2.51. The Kier molecular flexibility index (Phi) is 7.29. The molecule has 5 aromatic rings. The van der Waals surface area contributed by atoms with Crippen LogP contribution in [0.5, 0.6) is 0 Å². The van der Waals surface area contributed by atoms with Crippen molar-refractivity contribution in [3.05, 3.63) is 72.3 Å². The van der Waals surface area contributed by atoms with Crippen molar-refractivity contribution >= 4 is 69.6 Å². The summed E-state index contributed by atoms with van der Waals surface area (Å²) in [6.07, 6.45) is 5.84. The van der Waals surface area contributed by atoms with Crippen LogP contribution >= 0.6 is 0 Å². The number of hydrogen-bond donors (Lipinski definition) is 0. The summed E-state index contributed by atoms with van der Waals surface area (Å²) >= 11 is 0. The summed E-state index contributed by atoms with van der Waals surface area (Å²) in [7, 11) is -3.50. The summed E-state index contributed by atoms with van der Waals surface area (Å²) in [4.78, 5) is 0. The Hall–Kier alpha value is -2.87. The summed E-state index contributed by atoms with van der Waals surface area (Å²) in [5.41, 5.74) is 0.967. The molecule has 0 aliphatic rings. The van der Waals surface area contributed by atoms with E-state index in [-0.39, 0.29) is 0 Å². The normalized spacial score (nSPS) is 12.6. The number of hydrogen-bond acceptors (Lipinski definition) is 0. The predicted molar refractivity (Wildman–Crippen MR) is 178 cm³/mol. The lowest BCUT2D eigenvalue weighted by molar-refractivity contribution is 1.20. The summed E-state index contributed by atoms with van der Waals surface area (Å²) < 4.78 is 0. The highest BCUT2D eigenvalue weighted by atomic mass is 28.3. The lowest BCUT2D eigenvalue weighted by Gasteiger charge is -2.37. The van der Waals surface area contributed by atoms with E-state index in [4.69, 9.17) is 6.42 Å². The SMILES string of the molecule is C#Cc1ccc2cc3c([Si](CC)(CC)CC)c4cc5ccccc5cc4c([Si](CC)(CC)CC)c3cc2c1. The Morgan fingerprint density at radius 1 is 0.500 bits per heavy atom. The van der Waals surface area contributed by atoms with Gasteiger partial charge in [0.1, 0.15) is 0 Å². The van der Waals surface area contributed by atoms with E-state index in [9.17, 15) is 0 Å². The molecule has 0 aliphatic heterocycles. The second kappa shape index (κ2) is 10.4. The van der Waals surface area contributed by atoms with E-state index < -0.39 is 16.1 Å². The number of fused-ring (bicyclic) bond motifs is 4. The maximum absolute atomic E-state index is 5.84. The number of rotatable bonds is 8. The van der Waals surface area contributed by atoms with Crippen LogP contribution in [0.2, 0.25) is 36.3 Å². The van der Waals surface area contributed by atoms with Crippen LogP contribution < -0.4 is 10.4 Å². The Morgan fingerprint density at radius 3 is 1.24 bits per heavy atom. The van der Waals surface area contributed by atoms with Gasteiger partial charge in [-0.1, -0.05) is 114 Å². The summed E-state index contributed by atoms with van der Waals surface area (Å²) in [5.74, 6) is 2.87. The van der Waals surface area contributed by atoms with Crippen molar-refractivity contribution in [2.24, 2.45) is 0 Å². The van der Waals surface area contributed by atoms with Crippen molar-refractivity contribution in [2.45, 2.75) is 77.8 Å². The molecule has 5 rings (SSSR count). The first-order valence-corrected chi connectivity index (χ1v) is 20.0. The van der Waals surface area contributed by atoms with E-state index in [2.05, 4.69) is 114 Å². The molecule has 0 saturated carbocycles. The van der Waals surface area contributed by atoms with E-state index in [0.29, 0.717) is 0 Å². The topological polar surface area (TPSA) is 0 Å². The van der Waals surface area contributed by atoms with Crippen LogP contribution in [-0.4, -0.2) is 16.1 Å². The highest BCUT2D eigenvalue weighted by Crippen LogP contribution is 2.37. The molecule has 38 heavy (non-hydrogen) atoms. The molecular weight excluding hydrogens is 489 g/mol. The molecule has 194 valence electrons. The average molecular weight is 531 g/mol.